The van der Waals surface area contributed by atoms with Crippen LogP contribution in [0.1, 0.15) is 28.1 Å². The molecule has 3 rings (SSSR count). The third kappa shape index (κ3) is 2.29. The number of aliphatic carboxylic acids is 1. The molecule has 1 fully saturated rings. The van der Waals surface area contributed by atoms with E-state index in [-0.39, 0.29) is 11.7 Å². The highest BCUT2D eigenvalue weighted by molar-refractivity contribution is 7.21. The molecule has 0 saturated carbocycles. The lowest BCUT2D eigenvalue weighted by Crippen LogP contribution is -2.40. The highest BCUT2D eigenvalue weighted by atomic mass is 32.1. The number of carbonyl (C=O) groups excluding carboxylic acids is 1. The summed E-state index contributed by atoms with van der Waals surface area (Å²) < 4.78 is 14.0. The van der Waals surface area contributed by atoms with Gasteiger partial charge >= 0.3 is 5.97 Å². The molecule has 110 valence electrons. The van der Waals surface area contributed by atoms with Gasteiger partial charge in [-0.3, -0.25) is 4.79 Å². The van der Waals surface area contributed by atoms with Gasteiger partial charge < -0.3 is 10.0 Å². The van der Waals surface area contributed by atoms with Crippen LogP contribution in [-0.2, 0) is 4.79 Å². The van der Waals surface area contributed by atoms with Crippen LogP contribution in [0.2, 0.25) is 0 Å². The van der Waals surface area contributed by atoms with Crippen molar-refractivity contribution in [1.29, 1.82) is 0 Å². The number of likely N-dealkylation sites (tertiary alicyclic amines) is 1. The molecular formula is C15H14FNO3S. The lowest BCUT2D eigenvalue weighted by atomic mass is 10.1. The van der Waals surface area contributed by atoms with Crippen molar-refractivity contribution in [3.63, 3.8) is 0 Å². The monoisotopic (exact) mass is 307 g/mol. The fourth-order valence-electron chi connectivity index (χ4n) is 2.80. The highest BCUT2D eigenvalue weighted by Crippen LogP contribution is 2.33. The first-order chi connectivity index (χ1) is 9.99. The Kier molecular flexibility index (Phi) is 3.41. The minimum atomic E-state index is -0.967. The van der Waals surface area contributed by atoms with Crippen molar-refractivity contribution >= 4 is 33.3 Å². The molecule has 1 saturated heterocycles. The van der Waals surface area contributed by atoms with E-state index in [9.17, 15) is 19.1 Å². The van der Waals surface area contributed by atoms with Gasteiger partial charge in [0.1, 0.15) is 11.9 Å². The fourth-order valence-corrected chi connectivity index (χ4v) is 3.99. The minimum Gasteiger partial charge on any atom is -0.480 e. The molecule has 21 heavy (non-hydrogen) atoms. The van der Waals surface area contributed by atoms with Gasteiger partial charge in [0.25, 0.3) is 5.91 Å². The number of halogens is 1. The van der Waals surface area contributed by atoms with E-state index in [4.69, 9.17) is 0 Å². The van der Waals surface area contributed by atoms with Crippen molar-refractivity contribution in [2.24, 2.45) is 0 Å². The summed E-state index contributed by atoms with van der Waals surface area (Å²) >= 11 is 1.22. The smallest absolute Gasteiger partial charge is 0.326 e. The Hall–Kier alpha value is -1.95. The van der Waals surface area contributed by atoms with Crippen molar-refractivity contribution in [1.82, 2.24) is 4.90 Å². The number of hydrogen-bond acceptors (Lipinski definition) is 3. The van der Waals surface area contributed by atoms with Crippen LogP contribution in [0.4, 0.5) is 4.39 Å². The van der Waals surface area contributed by atoms with Gasteiger partial charge in [-0.15, -0.1) is 11.3 Å². The zero-order chi connectivity index (χ0) is 15.1. The zero-order valence-electron chi connectivity index (χ0n) is 11.4. The molecule has 0 bridgehead atoms. The van der Waals surface area contributed by atoms with E-state index in [1.54, 1.807) is 6.07 Å². The molecule has 0 aliphatic carbocycles. The SMILES string of the molecule is Cc1c(C(=O)N2CCCC2C(=O)O)sc2cc(F)ccc12. The van der Waals surface area contributed by atoms with E-state index in [0.29, 0.717) is 29.0 Å². The van der Waals surface area contributed by atoms with Crippen molar-refractivity contribution in [2.45, 2.75) is 25.8 Å². The second kappa shape index (κ2) is 5.11. The third-order valence-corrected chi connectivity index (χ3v) is 5.14. The number of amides is 1. The molecule has 1 aliphatic heterocycles. The number of nitrogens with zero attached hydrogens (tertiary/aromatic N) is 1. The maximum Gasteiger partial charge on any atom is 0.326 e. The molecule has 1 aromatic heterocycles. The van der Waals surface area contributed by atoms with Crippen molar-refractivity contribution in [3.05, 3.63) is 34.5 Å². The van der Waals surface area contributed by atoms with Crippen LogP contribution in [0.25, 0.3) is 10.1 Å². The first-order valence-electron chi connectivity index (χ1n) is 6.71. The molecular weight excluding hydrogens is 293 g/mol. The summed E-state index contributed by atoms with van der Waals surface area (Å²) in [7, 11) is 0. The second-order valence-corrected chi connectivity index (χ2v) is 6.24. The van der Waals surface area contributed by atoms with Gasteiger partial charge in [0.15, 0.2) is 0 Å². The number of fused-ring (bicyclic) bond motifs is 1. The Morgan fingerprint density at radius 3 is 2.90 bits per heavy atom. The Bertz CT molecular complexity index is 740. The van der Waals surface area contributed by atoms with Crippen LogP contribution in [0.3, 0.4) is 0 Å². The Labute approximate surface area is 124 Å². The van der Waals surface area contributed by atoms with Crippen molar-refractivity contribution in [2.75, 3.05) is 6.54 Å². The molecule has 1 unspecified atom stereocenters. The van der Waals surface area contributed by atoms with Gasteiger partial charge in [0.05, 0.1) is 4.88 Å². The molecule has 0 spiro atoms. The van der Waals surface area contributed by atoms with Crippen LogP contribution < -0.4 is 0 Å². The van der Waals surface area contributed by atoms with Gasteiger partial charge in [-0.2, -0.15) is 0 Å². The van der Waals surface area contributed by atoms with Gasteiger partial charge in [0.2, 0.25) is 0 Å². The van der Waals surface area contributed by atoms with Gasteiger partial charge in [0, 0.05) is 11.2 Å². The molecule has 2 heterocycles. The molecule has 2 aromatic rings. The summed E-state index contributed by atoms with van der Waals surface area (Å²) in [5, 5.41) is 10.0. The fraction of sp³-hybridized carbons (Fsp3) is 0.333. The Morgan fingerprint density at radius 2 is 2.19 bits per heavy atom. The van der Waals surface area contributed by atoms with E-state index in [0.717, 1.165) is 10.9 Å². The summed E-state index contributed by atoms with van der Waals surface area (Å²) in [4.78, 5) is 25.7. The normalized spacial score (nSPS) is 18.4. The van der Waals surface area contributed by atoms with Gasteiger partial charge in [-0.1, -0.05) is 6.07 Å². The summed E-state index contributed by atoms with van der Waals surface area (Å²) in [6.45, 7) is 2.27. The molecule has 1 aliphatic rings. The molecule has 1 N–H and O–H groups in total. The largest absolute Gasteiger partial charge is 0.480 e. The lowest BCUT2D eigenvalue weighted by Gasteiger charge is -2.21. The number of carboxylic acid groups (broad SMARTS) is 1. The van der Waals surface area contributed by atoms with E-state index in [1.807, 2.05) is 6.92 Å². The van der Waals surface area contributed by atoms with Crippen LogP contribution in [0.15, 0.2) is 18.2 Å². The zero-order valence-corrected chi connectivity index (χ0v) is 12.2. The lowest BCUT2D eigenvalue weighted by molar-refractivity contribution is -0.141. The maximum absolute atomic E-state index is 13.3. The van der Waals surface area contributed by atoms with Crippen LogP contribution in [0, 0.1) is 12.7 Å². The molecule has 1 atom stereocenters. The molecule has 1 aromatic carbocycles. The number of carbonyl (C=O) groups is 2. The predicted molar refractivity (Wildman–Crippen MR) is 78.2 cm³/mol. The molecule has 1 amide bonds. The van der Waals surface area contributed by atoms with Crippen LogP contribution in [0.5, 0.6) is 0 Å². The summed E-state index contributed by atoms with van der Waals surface area (Å²) in [5.41, 5.74) is 0.788. The number of rotatable bonds is 2. The first kappa shape index (κ1) is 14.0. The first-order valence-corrected chi connectivity index (χ1v) is 7.53. The standard InChI is InChI=1S/C15H14FNO3S/c1-8-10-5-4-9(16)7-12(10)21-13(8)14(18)17-6-2-3-11(17)15(19)20/h4-5,7,11H,2-3,6H2,1H3,(H,19,20). The molecule has 6 heteroatoms. The van der Waals surface area contributed by atoms with Crippen LogP contribution >= 0.6 is 11.3 Å². The van der Waals surface area contributed by atoms with Crippen molar-refractivity contribution in [3.8, 4) is 0 Å². The average Bonchev–Trinajstić information content (AvgIpc) is 3.03. The second-order valence-electron chi connectivity index (χ2n) is 5.19. The van der Waals surface area contributed by atoms with E-state index in [1.165, 1.54) is 28.4 Å². The average molecular weight is 307 g/mol. The Balaban J connectivity index is 2.02. The summed E-state index contributed by atoms with van der Waals surface area (Å²) in [6.07, 6.45) is 1.18. The maximum atomic E-state index is 13.3. The number of thiophene rings is 1. The number of carboxylic acids is 1. The highest BCUT2D eigenvalue weighted by Gasteiger charge is 2.35. The molecule has 0 radical (unpaired) electrons. The number of benzene rings is 1. The van der Waals surface area contributed by atoms with E-state index in [2.05, 4.69) is 0 Å². The molecule has 4 nitrogen and oxygen atoms in total. The predicted octanol–water partition coefficient (Wildman–Crippen LogP) is 3.04. The van der Waals surface area contributed by atoms with Gasteiger partial charge in [-0.05, 0) is 42.8 Å². The summed E-state index contributed by atoms with van der Waals surface area (Å²) in [6, 6.07) is 3.68. The third-order valence-electron chi connectivity index (χ3n) is 3.89. The topological polar surface area (TPSA) is 57.6 Å². The van der Waals surface area contributed by atoms with E-state index >= 15 is 0 Å². The number of hydrogen-bond donors (Lipinski definition) is 1. The van der Waals surface area contributed by atoms with Gasteiger partial charge in [-0.25, -0.2) is 9.18 Å². The van der Waals surface area contributed by atoms with Crippen molar-refractivity contribution < 1.29 is 19.1 Å². The minimum absolute atomic E-state index is 0.265. The summed E-state index contributed by atoms with van der Waals surface area (Å²) in [5.74, 6) is -1.57. The van der Waals surface area contributed by atoms with E-state index < -0.39 is 12.0 Å². The van der Waals surface area contributed by atoms with Crippen LogP contribution in [-0.4, -0.2) is 34.5 Å². The quantitative estimate of drug-likeness (QED) is 0.927. The number of aryl methyl sites for hydroxylation is 1. The Morgan fingerprint density at radius 1 is 1.43 bits per heavy atom.